The number of aromatic amines is 1. The minimum atomic E-state index is -4.55. The molecule has 0 radical (unpaired) electrons. The van der Waals surface area contributed by atoms with Crippen molar-refractivity contribution in [2.45, 2.75) is 12.1 Å². The molecule has 0 amide bonds. The van der Waals surface area contributed by atoms with Crippen molar-refractivity contribution >= 4 is 0 Å². The number of rotatable bonds is 4. The zero-order valence-corrected chi connectivity index (χ0v) is 16.9. The van der Waals surface area contributed by atoms with E-state index >= 15 is 0 Å². The average molecular weight is 442 g/mol. The summed E-state index contributed by atoms with van der Waals surface area (Å²) >= 11 is 0. The lowest BCUT2D eigenvalue weighted by atomic mass is 9.82. The molecule has 2 aromatic carbocycles. The van der Waals surface area contributed by atoms with Crippen molar-refractivity contribution in [2.24, 2.45) is 5.73 Å². The molecule has 1 aliphatic rings. The molecule has 1 atom stereocenters. The quantitative estimate of drug-likeness (QED) is 0.623. The van der Waals surface area contributed by atoms with Crippen LogP contribution < -0.4 is 19.9 Å². The molecule has 0 spiro atoms. The van der Waals surface area contributed by atoms with Gasteiger partial charge in [0, 0.05) is 5.56 Å². The highest BCUT2D eigenvalue weighted by Crippen LogP contribution is 2.48. The fourth-order valence-electron chi connectivity index (χ4n) is 3.69. The fraction of sp³-hybridized carbons (Fsp3) is 0.182. The Morgan fingerprint density at radius 2 is 1.94 bits per heavy atom. The predicted molar refractivity (Wildman–Crippen MR) is 108 cm³/mol. The molecular weight excluding hydrogens is 425 g/mol. The highest BCUT2D eigenvalue weighted by molar-refractivity contribution is 5.76. The number of ether oxygens (including phenoxy) is 3. The van der Waals surface area contributed by atoms with Gasteiger partial charge in [0.1, 0.15) is 23.1 Å². The van der Waals surface area contributed by atoms with Gasteiger partial charge in [-0.25, -0.2) is 0 Å². The molecular formula is C22H17F3N4O3. The number of hydrogen-bond acceptors (Lipinski definition) is 6. The highest BCUT2D eigenvalue weighted by atomic mass is 19.4. The summed E-state index contributed by atoms with van der Waals surface area (Å²) in [6, 6.07) is 11.8. The number of H-pyrrole nitrogens is 1. The zero-order valence-electron chi connectivity index (χ0n) is 16.9. The van der Waals surface area contributed by atoms with E-state index in [4.69, 9.17) is 19.9 Å². The Morgan fingerprint density at radius 1 is 1.16 bits per heavy atom. The Bertz CT molecular complexity index is 1260. The first-order chi connectivity index (χ1) is 15.3. The van der Waals surface area contributed by atoms with Crippen LogP contribution >= 0.6 is 0 Å². The predicted octanol–water partition coefficient (Wildman–Crippen LogP) is 4.33. The van der Waals surface area contributed by atoms with E-state index in [1.165, 1.54) is 26.4 Å². The number of aromatic nitrogens is 2. The van der Waals surface area contributed by atoms with E-state index in [1.807, 2.05) is 6.07 Å². The van der Waals surface area contributed by atoms with Crippen molar-refractivity contribution in [2.75, 3.05) is 14.2 Å². The summed E-state index contributed by atoms with van der Waals surface area (Å²) < 4.78 is 56.4. The van der Waals surface area contributed by atoms with Crippen LogP contribution in [0.5, 0.6) is 17.4 Å². The molecule has 3 aromatic rings. The molecule has 0 unspecified atom stereocenters. The van der Waals surface area contributed by atoms with Crippen molar-refractivity contribution in [1.82, 2.24) is 10.2 Å². The highest BCUT2D eigenvalue weighted by Gasteiger charge is 2.38. The van der Waals surface area contributed by atoms with Gasteiger partial charge in [-0.05, 0) is 29.8 Å². The first-order valence-electron chi connectivity index (χ1n) is 9.33. The van der Waals surface area contributed by atoms with E-state index in [0.29, 0.717) is 28.3 Å². The molecule has 1 aliphatic heterocycles. The first kappa shape index (κ1) is 21.1. The van der Waals surface area contributed by atoms with Gasteiger partial charge < -0.3 is 19.9 Å². The van der Waals surface area contributed by atoms with Crippen LogP contribution in [0.15, 0.2) is 53.9 Å². The van der Waals surface area contributed by atoms with Crippen molar-refractivity contribution in [3.05, 3.63) is 70.6 Å². The number of allylic oxidation sites excluding steroid dienone is 1. The van der Waals surface area contributed by atoms with E-state index in [2.05, 4.69) is 10.2 Å². The second-order valence-corrected chi connectivity index (χ2v) is 6.93. The van der Waals surface area contributed by atoms with Crippen LogP contribution in [0, 0.1) is 11.3 Å². The lowest BCUT2D eigenvalue weighted by molar-refractivity contribution is -0.137. The standard InChI is InChI=1S/C22H17F3N4O3/c1-30-13-6-7-16(31-2)14(9-13)19-18-17(11-4-3-5-12(8-11)22(23,24)25)15(10-26)20(27)32-21(18)29-28-19/h3-9,17H,27H2,1-2H3,(H,28,29)/t17-/m0/s1. The number of halogens is 3. The minimum absolute atomic E-state index is 0.0265. The van der Waals surface area contributed by atoms with Gasteiger partial charge in [-0.15, -0.1) is 5.10 Å². The molecule has 164 valence electrons. The molecule has 10 heteroatoms. The normalized spacial score (nSPS) is 15.6. The minimum Gasteiger partial charge on any atom is -0.497 e. The Kier molecular flexibility index (Phi) is 5.18. The molecule has 0 saturated carbocycles. The summed E-state index contributed by atoms with van der Waals surface area (Å²) in [5, 5.41) is 16.7. The van der Waals surface area contributed by atoms with Crippen LogP contribution in [0.3, 0.4) is 0 Å². The van der Waals surface area contributed by atoms with Crippen molar-refractivity contribution in [3.8, 4) is 34.7 Å². The number of benzene rings is 2. The molecule has 7 nitrogen and oxygen atoms in total. The SMILES string of the molecule is COc1ccc(OC)c(-c2[nH]nc3c2[C@@H](c2cccc(C(F)(F)F)c2)C(C#N)=C(N)O3)c1. The Balaban J connectivity index is 1.98. The summed E-state index contributed by atoms with van der Waals surface area (Å²) in [6.07, 6.45) is -4.55. The second-order valence-electron chi connectivity index (χ2n) is 6.93. The number of fused-ring (bicyclic) bond motifs is 1. The van der Waals surface area contributed by atoms with E-state index in [0.717, 1.165) is 12.1 Å². The maximum atomic E-state index is 13.4. The lowest BCUT2D eigenvalue weighted by Gasteiger charge is -2.25. The van der Waals surface area contributed by atoms with Gasteiger partial charge >= 0.3 is 6.18 Å². The van der Waals surface area contributed by atoms with Gasteiger partial charge in [0.15, 0.2) is 0 Å². The molecule has 0 bridgehead atoms. The summed E-state index contributed by atoms with van der Waals surface area (Å²) in [5.41, 5.74) is 6.56. The molecule has 32 heavy (non-hydrogen) atoms. The first-order valence-corrected chi connectivity index (χ1v) is 9.33. The van der Waals surface area contributed by atoms with Gasteiger partial charge in [-0.1, -0.05) is 18.2 Å². The van der Waals surface area contributed by atoms with Crippen molar-refractivity contribution in [1.29, 1.82) is 5.26 Å². The number of hydrogen-bond donors (Lipinski definition) is 2. The van der Waals surface area contributed by atoms with Gasteiger partial charge in [0.25, 0.3) is 0 Å². The Morgan fingerprint density at radius 3 is 2.59 bits per heavy atom. The third kappa shape index (κ3) is 3.47. The number of nitriles is 1. The molecule has 0 aliphatic carbocycles. The zero-order chi connectivity index (χ0) is 23.0. The van der Waals surface area contributed by atoms with Crippen LogP contribution in [-0.2, 0) is 6.18 Å². The van der Waals surface area contributed by atoms with Crippen molar-refractivity contribution in [3.63, 3.8) is 0 Å². The lowest BCUT2D eigenvalue weighted by Crippen LogP contribution is -2.21. The number of nitrogens with one attached hydrogen (secondary N) is 1. The largest absolute Gasteiger partial charge is 0.497 e. The molecule has 3 N–H and O–H groups in total. The maximum absolute atomic E-state index is 13.4. The van der Waals surface area contributed by atoms with Crippen LogP contribution in [-0.4, -0.2) is 24.4 Å². The van der Waals surface area contributed by atoms with Crippen LogP contribution in [0.1, 0.15) is 22.6 Å². The fourth-order valence-corrected chi connectivity index (χ4v) is 3.69. The summed E-state index contributed by atoms with van der Waals surface area (Å²) in [5.74, 6) is -0.134. The van der Waals surface area contributed by atoms with Crippen LogP contribution in [0.4, 0.5) is 13.2 Å². The van der Waals surface area contributed by atoms with E-state index < -0.39 is 17.7 Å². The third-order valence-corrected chi connectivity index (χ3v) is 5.16. The monoisotopic (exact) mass is 442 g/mol. The van der Waals surface area contributed by atoms with Crippen LogP contribution in [0.2, 0.25) is 0 Å². The number of nitrogens with zero attached hydrogens (tertiary/aromatic N) is 2. The molecule has 2 heterocycles. The Hall–Kier alpha value is -4.13. The van der Waals surface area contributed by atoms with Gasteiger partial charge in [0.05, 0.1) is 37.0 Å². The third-order valence-electron chi connectivity index (χ3n) is 5.16. The smallest absolute Gasteiger partial charge is 0.416 e. The van der Waals surface area contributed by atoms with Gasteiger partial charge in [-0.2, -0.15) is 18.4 Å². The Labute approximate surface area is 180 Å². The molecule has 0 fully saturated rings. The average Bonchev–Trinajstić information content (AvgIpc) is 3.20. The van der Waals surface area contributed by atoms with Gasteiger partial charge in [0.2, 0.25) is 11.8 Å². The molecule has 4 rings (SSSR count). The van der Waals surface area contributed by atoms with Crippen LogP contribution in [0.25, 0.3) is 11.3 Å². The van der Waals surface area contributed by atoms with Gasteiger partial charge in [-0.3, -0.25) is 5.10 Å². The second kappa shape index (κ2) is 7.85. The number of alkyl halides is 3. The summed E-state index contributed by atoms with van der Waals surface area (Å²) in [4.78, 5) is 0. The maximum Gasteiger partial charge on any atom is 0.416 e. The van der Waals surface area contributed by atoms with E-state index in [-0.39, 0.29) is 22.9 Å². The summed E-state index contributed by atoms with van der Waals surface area (Å²) in [7, 11) is 2.98. The van der Waals surface area contributed by atoms with Crippen molar-refractivity contribution < 1.29 is 27.4 Å². The topological polar surface area (TPSA) is 106 Å². The van der Waals surface area contributed by atoms with E-state index in [9.17, 15) is 18.4 Å². The molecule has 0 saturated heterocycles. The summed E-state index contributed by atoms with van der Waals surface area (Å²) in [6.45, 7) is 0. The molecule has 1 aromatic heterocycles. The van der Waals surface area contributed by atoms with E-state index in [1.54, 1.807) is 18.2 Å². The number of methoxy groups -OCH3 is 2. The number of nitrogens with two attached hydrogens (primary N) is 1.